The highest BCUT2D eigenvalue weighted by Crippen LogP contribution is 2.32. The van der Waals surface area contributed by atoms with Crippen LogP contribution in [-0.4, -0.2) is 12.9 Å². The van der Waals surface area contributed by atoms with E-state index >= 15 is 0 Å². The zero-order chi connectivity index (χ0) is 17.9. The fourth-order valence-electron chi connectivity index (χ4n) is 2.12. The number of halogens is 3. The Morgan fingerprint density at radius 2 is 1.92 bits per heavy atom. The van der Waals surface area contributed by atoms with Gasteiger partial charge in [0.1, 0.15) is 17.1 Å². The highest BCUT2D eigenvalue weighted by molar-refractivity contribution is 6.08. The third-order valence-electron chi connectivity index (χ3n) is 3.19. The van der Waals surface area contributed by atoms with Crippen LogP contribution in [0.15, 0.2) is 45.6 Å². The standard InChI is InChI=1S/C17H13F3O4/c1-10-9-14(23-2)15(16(22)24-10)13(21)8-7-11-5-3-4-6-12(11)17(18,19)20/h3-9H,1-2H3. The van der Waals surface area contributed by atoms with Crippen molar-refractivity contribution in [1.82, 2.24) is 0 Å². The molecule has 0 aliphatic rings. The lowest BCUT2D eigenvalue weighted by molar-refractivity contribution is -0.137. The molecule has 2 rings (SSSR count). The van der Waals surface area contributed by atoms with E-state index in [0.29, 0.717) is 0 Å². The molecule has 1 aromatic heterocycles. The minimum absolute atomic E-state index is 0.00232. The number of ether oxygens (including phenoxy) is 1. The first-order valence-corrected chi connectivity index (χ1v) is 6.81. The van der Waals surface area contributed by atoms with E-state index in [-0.39, 0.29) is 22.6 Å². The predicted octanol–water partition coefficient (Wildman–Crippen LogP) is 3.87. The van der Waals surface area contributed by atoms with Crippen LogP contribution in [0.2, 0.25) is 0 Å². The molecule has 126 valence electrons. The molecule has 0 fully saturated rings. The van der Waals surface area contributed by atoms with E-state index in [1.54, 1.807) is 0 Å². The third kappa shape index (κ3) is 3.73. The number of alkyl halides is 3. The Hall–Kier alpha value is -2.83. The van der Waals surface area contributed by atoms with E-state index in [9.17, 15) is 22.8 Å². The van der Waals surface area contributed by atoms with Gasteiger partial charge in [0.15, 0.2) is 5.78 Å². The van der Waals surface area contributed by atoms with E-state index in [0.717, 1.165) is 18.2 Å². The van der Waals surface area contributed by atoms with Gasteiger partial charge < -0.3 is 9.15 Å². The lowest BCUT2D eigenvalue weighted by atomic mass is 10.0. The molecule has 0 saturated heterocycles. The SMILES string of the molecule is COc1cc(C)oc(=O)c1C(=O)C=Cc1ccccc1C(F)(F)F. The fraction of sp³-hybridized carbons (Fsp3) is 0.176. The van der Waals surface area contributed by atoms with Crippen LogP contribution in [0.1, 0.15) is 27.2 Å². The van der Waals surface area contributed by atoms with Crippen LogP contribution in [0.4, 0.5) is 13.2 Å². The van der Waals surface area contributed by atoms with Crippen molar-refractivity contribution < 1.29 is 27.1 Å². The number of rotatable bonds is 4. The second-order valence-electron chi connectivity index (χ2n) is 4.87. The summed E-state index contributed by atoms with van der Waals surface area (Å²) in [7, 11) is 1.27. The van der Waals surface area contributed by atoms with Crippen LogP contribution >= 0.6 is 0 Å². The van der Waals surface area contributed by atoms with Crippen LogP contribution in [0.3, 0.4) is 0 Å². The largest absolute Gasteiger partial charge is 0.496 e. The van der Waals surface area contributed by atoms with Gasteiger partial charge in [-0.3, -0.25) is 4.79 Å². The van der Waals surface area contributed by atoms with Crippen LogP contribution < -0.4 is 10.4 Å². The number of carbonyl (C=O) groups is 1. The van der Waals surface area contributed by atoms with Gasteiger partial charge in [-0.1, -0.05) is 24.3 Å². The molecule has 0 amide bonds. The summed E-state index contributed by atoms with van der Waals surface area (Å²) in [5.41, 5.74) is -2.35. The number of ketones is 1. The average molecular weight is 338 g/mol. The minimum atomic E-state index is -4.55. The topological polar surface area (TPSA) is 56.5 Å². The molecule has 0 atom stereocenters. The highest BCUT2D eigenvalue weighted by atomic mass is 19.4. The molecule has 0 aliphatic heterocycles. The Kier molecular flexibility index (Phi) is 4.92. The second-order valence-corrected chi connectivity index (χ2v) is 4.87. The van der Waals surface area contributed by atoms with Gasteiger partial charge in [0.25, 0.3) is 0 Å². The van der Waals surface area contributed by atoms with Crippen molar-refractivity contribution in [3.8, 4) is 5.75 Å². The molecular weight excluding hydrogens is 325 g/mol. The quantitative estimate of drug-likeness (QED) is 0.627. The molecule has 24 heavy (non-hydrogen) atoms. The van der Waals surface area contributed by atoms with Gasteiger partial charge in [0.05, 0.1) is 12.7 Å². The van der Waals surface area contributed by atoms with Crippen LogP contribution in [0, 0.1) is 6.92 Å². The van der Waals surface area contributed by atoms with Gasteiger partial charge in [-0.15, -0.1) is 0 Å². The Bertz CT molecular complexity index is 848. The lowest BCUT2D eigenvalue weighted by Crippen LogP contribution is -2.15. The molecule has 0 unspecified atom stereocenters. The summed E-state index contributed by atoms with van der Waals surface area (Å²) >= 11 is 0. The molecule has 0 spiro atoms. The van der Waals surface area contributed by atoms with E-state index in [1.807, 2.05) is 0 Å². The Labute approximate surface area is 135 Å². The van der Waals surface area contributed by atoms with Crippen molar-refractivity contribution in [1.29, 1.82) is 0 Å². The summed E-state index contributed by atoms with van der Waals surface area (Å²) in [6, 6.07) is 6.15. The van der Waals surface area contributed by atoms with Gasteiger partial charge in [-0.05, 0) is 24.6 Å². The molecule has 0 saturated carbocycles. The summed E-state index contributed by atoms with van der Waals surface area (Å²) in [6.07, 6.45) is -2.66. The highest BCUT2D eigenvalue weighted by Gasteiger charge is 2.32. The maximum absolute atomic E-state index is 12.9. The van der Waals surface area contributed by atoms with Crippen LogP contribution in [0.25, 0.3) is 6.08 Å². The third-order valence-corrected chi connectivity index (χ3v) is 3.19. The number of allylic oxidation sites excluding steroid dienone is 1. The first-order chi connectivity index (χ1) is 11.2. The molecule has 0 N–H and O–H groups in total. The maximum atomic E-state index is 12.9. The average Bonchev–Trinajstić information content (AvgIpc) is 2.51. The van der Waals surface area contributed by atoms with E-state index < -0.39 is 23.1 Å². The van der Waals surface area contributed by atoms with Gasteiger partial charge in [-0.2, -0.15) is 13.2 Å². The zero-order valence-corrected chi connectivity index (χ0v) is 12.8. The van der Waals surface area contributed by atoms with E-state index in [2.05, 4.69) is 0 Å². The number of benzene rings is 1. The Morgan fingerprint density at radius 1 is 1.25 bits per heavy atom. The van der Waals surface area contributed by atoms with Crippen molar-refractivity contribution >= 4 is 11.9 Å². The summed E-state index contributed by atoms with van der Waals surface area (Å²) < 4.78 is 48.6. The molecule has 0 aliphatic carbocycles. The van der Waals surface area contributed by atoms with E-state index in [4.69, 9.17) is 9.15 Å². The van der Waals surface area contributed by atoms with Gasteiger partial charge in [0.2, 0.25) is 0 Å². The first-order valence-electron chi connectivity index (χ1n) is 6.81. The fourth-order valence-corrected chi connectivity index (χ4v) is 2.12. The smallest absolute Gasteiger partial charge is 0.416 e. The number of aryl methyl sites for hydroxylation is 1. The molecule has 1 heterocycles. The first kappa shape index (κ1) is 17.5. The van der Waals surface area contributed by atoms with Crippen LogP contribution in [0.5, 0.6) is 5.75 Å². The van der Waals surface area contributed by atoms with Gasteiger partial charge >= 0.3 is 11.8 Å². The molecule has 4 nitrogen and oxygen atoms in total. The molecular formula is C17H13F3O4. The van der Waals surface area contributed by atoms with Gasteiger partial charge in [-0.25, -0.2) is 4.79 Å². The van der Waals surface area contributed by atoms with E-state index in [1.165, 1.54) is 38.3 Å². The van der Waals surface area contributed by atoms with Crippen molar-refractivity contribution in [2.45, 2.75) is 13.1 Å². The van der Waals surface area contributed by atoms with Crippen molar-refractivity contribution in [2.24, 2.45) is 0 Å². The normalized spacial score (nSPS) is 11.7. The predicted molar refractivity (Wildman–Crippen MR) is 81.1 cm³/mol. The minimum Gasteiger partial charge on any atom is -0.496 e. The number of carbonyl (C=O) groups excluding carboxylic acids is 1. The molecule has 1 aromatic carbocycles. The number of hydrogen-bond acceptors (Lipinski definition) is 4. The molecule has 0 bridgehead atoms. The summed E-state index contributed by atoms with van der Waals surface area (Å²) in [5.74, 6) is -0.556. The summed E-state index contributed by atoms with van der Waals surface area (Å²) in [4.78, 5) is 24.0. The number of hydrogen-bond donors (Lipinski definition) is 0. The van der Waals surface area contributed by atoms with Gasteiger partial charge in [0, 0.05) is 6.07 Å². The second kappa shape index (κ2) is 6.74. The summed E-state index contributed by atoms with van der Waals surface area (Å²) in [5, 5.41) is 0. The molecule has 2 aromatic rings. The maximum Gasteiger partial charge on any atom is 0.416 e. The number of methoxy groups -OCH3 is 1. The Morgan fingerprint density at radius 3 is 2.54 bits per heavy atom. The monoisotopic (exact) mass is 338 g/mol. The zero-order valence-electron chi connectivity index (χ0n) is 12.8. The van der Waals surface area contributed by atoms with Crippen molar-refractivity contribution in [3.05, 3.63) is 69.3 Å². The Balaban J connectivity index is 2.42. The van der Waals surface area contributed by atoms with Crippen molar-refractivity contribution in [3.63, 3.8) is 0 Å². The summed E-state index contributed by atoms with van der Waals surface area (Å²) in [6.45, 7) is 1.51. The van der Waals surface area contributed by atoms with Crippen molar-refractivity contribution in [2.75, 3.05) is 7.11 Å². The van der Waals surface area contributed by atoms with Crippen LogP contribution in [-0.2, 0) is 6.18 Å². The molecule has 0 radical (unpaired) electrons. The lowest BCUT2D eigenvalue weighted by Gasteiger charge is -2.09. The molecule has 7 heteroatoms.